The summed E-state index contributed by atoms with van der Waals surface area (Å²) in [5.74, 6) is 0.156. The topological polar surface area (TPSA) is 33.1 Å². The van der Waals surface area contributed by atoms with Crippen LogP contribution in [0.5, 0.6) is 5.75 Å². The zero-order valence-corrected chi connectivity index (χ0v) is 12.6. The first-order valence-electron chi connectivity index (χ1n) is 7.05. The number of pyridine rings is 1. The van der Waals surface area contributed by atoms with Crippen molar-refractivity contribution in [2.24, 2.45) is 0 Å². The molecule has 0 amide bonds. The number of nitrogens with zero attached hydrogens (tertiary/aromatic N) is 1. The monoisotopic (exact) mass is 317 g/mol. The Kier molecular flexibility index (Phi) is 3.51. The average Bonchev–Trinajstić information content (AvgIpc) is 2.50. The highest BCUT2D eigenvalue weighted by molar-refractivity contribution is 5.95. The number of aromatic nitrogens is 1. The fourth-order valence-electron chi connectivity index (χ4n) is 2.67. The Morgan fingerprint density at radius 1 is 0.957 bits per heavy atom. The number of phenolic OH excluding ortho intramolecular Hbond substituents is 1. The Balaban J connectivity index is 2.36. The van der Waals surface area contributed by atoms with E-state index >= 15 is 0 Å². The summed E-state index contributed by atoms with van der Waals surface area (Å²) in [5.41, 5.74) is 1.69. The van der Waals surface area contributed by atoms with Crippen LogP contribution in [-0.2, 0) is 6.18 Å². The quantitative estimate of drug-likeness (QED) is 0.665. The van der Waals surface area contributed by atoms with E-state index in [0.717, 1.165) is 6.07 Å². The number of hydrogen-bond acceptors (Lipinski definition) is 2. The van der Waals surface area contributed by atoms with Crippen LogP contribution in [0, 0.1) is 13.8 Å². The molecule has 118 valence electrons. The first-order chi connectivity index (χ1) is 10.8. The largest absolute Gasteiger partial charge is 0.507 e. The van der Waals surface area contributed by atoms with E-state index in [1.54, 1.807) is 50.2 Å². The molecule has 23 heavy (non-hydrogen) atoms. The maximum Gasteiger partial charge on any atom is 0.433 e. The summed E-state index contributed by atoms with van der Waals surface area (Å²) in [5, 5.41) is 10.5. The van der Waals surface area contributed by atoms with Crippen molar-refractivity contribution in [1.82, 2.24) is 4.98 Å². The highest BCUT2D eigenvalue weighted by Crippen LogP contribution is 2.37. The second-order valence-electron chi connectivity index (χ2n) is 5.53. The molecule has 0 bridgehead atoms. The molecular formula is C18H14F3NO. The van der Waals surface area contributed by atoms with Crippen LogP contribution in [0.4, 0.5) is 13.2 Å². The van der Waals surface area contributed by atoms with Crippen molar-refractivity contribution in [2.45, 2.75) is 20.0 Å². The molecule has 0 aliphatic carbocycles. The molecule has 0 aliphatic heterocycles. The molecule has 2 aromatic carbocycles. The minimum atomic E-state index is -4.51. The summed E-state index contributed by atoms with van der Waals surface area (Å²) in [6, 6.07) is 11.2. The van der Waals surface area contributed by atoms with Crippen molar-refractivity contribution in [3.63, 3.8) is 0 Å². The number of para-hydroxylation sites is 1. The Bertz CT molecular complexity index is 877. The van der Waals surface area contributed by atoms with E-state index in [-0.39, 0.29) is 5.75 Å². The van der Waals surface area contributed by atoms with E-state index in [0.29, 0.717) is 33.2 Å². The van der Waals surface area contributed by atoms with Gasteiger partial charge >= 0.3 is 6.18 Å². The molecule has 0 aliphatic rings. The van der Waals surface area contributed by atoms with E-state index in [4.69, 9.17) is 0 Å². The zero-order valence-electron chi connectivity index (χ0n) is 12.6. The number of alkyl halides is 3. The highest BCUT2D eigenvalue weighted by atomic mass is 19.4. The normalized spacial score (nSPS) is 11.9. The van der Waals surface area contributed by atoms with Gasteiger partial charge in [0.25, 0.3) is 0 Å². The molecule has 3 aromatic rings. The van der Waals surface area contributed by atoms with Gasteiger partial charge in [-0.05, 0) is 60.4 Å². The van der Waals surface area contributed by atoms with Gasteiger partial charge in [-0.1, -0.05) is 18.2 Å². The molecule has 0 radical (unpaired) electrons. The summed E-state index contributed by atoms with van der Waals surface area (Å²) in [7, 11) is 0. The maximum atomic E-state index is 13.1. The molecule has 1 heterocycles. The summed E-state index contributed by atoms with van der Waals surface area (Å²) >= 11 is 0. The van der Waals surface area contributed by atoms with Gasteiger partial charge in [0.15, 0.2) is 0 Å². The van der Waals surface area contributed by atoms with Crippen LogP contribution in [0.1, 0.15) is 16.8 Å². The Morgan fingerprint density at radius 2 is 1.57 bits per heavy atom. The number of aryl methyl sites for hydroxylation is 2. The van der Waals surface area contributed by atoms with Crippen LogP contribution < -0.4 is 0 Å². The van der Waals surface area contributed by atoms with Crippen LogP contribution in [0.25, 0.3) is 22.0 Å². The van der Waals surface area contributed by atoms with Gasteiger partial charge in [0.1, 0.15) is 11.4 Å². The molecule has 0 fully saturated rings. The molecule has 3 rings (SSSR count). The van der Waals surface area contributed by atoms with E-state index < -0.39 is 11.9 Å². The molecule has 5 heteroatoms. The minimum absolute atomic E-state index is 0.156. The lowest BCUT2D eigenvalue weighted by atomic mass is 9.96. The van der Waals surface area contributed by atoms with Crippen molar-refractivity contribution in [2.75, 3.05) is 0 Å². The zero-order chi connectivity index (χ0) is 16.8. The van der Waals surface area contributed by atoms with Crippen LogP contribution in [0.15, 0.2) is 42.5 Å². The van der Waals surface area contributed by atoms with Gasteiger partial charge in [-0.3, -0.25) is 0 Å². The number of halogens is 3. The fraction of sp³-hybridized carbons (Fsp3) is 0.167. The fourth-order valence-corrected chi connectivity index (χ4v) is 2.67. The lowest BCUT2D eigenvalue weighted by molar-refractivity contribution is -0.140. The van der Waals surface area contributed by atoms with Crippen LogP contribution in [0.3, 0.4) is 0 Å². The first kappa shape index (κ1) is 15.3. The lowest BCUT2D eigenvalue weighted by Crippen LogP contribution is -2.08. The second-order valence-corrected chi connectivity index (χ2v) is 5.53. The van der Waals surface area contributed by atoms with Crippen LogP contribution >= 0.6 is 0 Å². The van der Waals surface area contributed by atoms with E-state index in [1.807, 2.05) is 0 Å². The van der Waals surface area contributed by atoms with Crippen molar-refractivity contribution in [1.29, 1.82) is 0 Å². The van der Waals surface area contributed by atoms with Gasteiger partial charge < -0.3 is 5.11 Å². The number of phenols is 1. The third-order valence-corrected chi connectivity index (χ3v) is 3.81. The van der Waals surface area contributed by atoms with Crippen LogP contribution in [0.2, 0.25) is 0 Å². The third-order valence-electron chi connectivity index (χ3n) is 3.81. The van der Waals surface area contributed by atoms with Crippen molar-refractivity contribution >= 4 is 10.9 Å². The van der Waals surface area contributed by atoms with Gasteiger partial charge in [0.05, 0.1) is 5.52 Å². The predicted molar refractivity (Wildman–Crippen MR) is 83.3 cm³/mol. The third kappa shape index (κ3) is 2.74. The lowest BCUT2D eigenvalue weighted by Gasteiger charge is -2.14. The first-order valence-corrected chi connectivity index (χ1v) is 7.05. The molecule has 0 unspecified atom stereocenters. The second kappa shape index (κ2) is 5.26. The molecule has 2 nitrogen and oxygen atoms in total. The van der Waals surface area contributed by atoms with Crippen molar-refractivity contribution < 1.29 is 18.3 Å². The maximum absolute atomic E-state index is 13.1. The molecule has 0 spiro atoms. The van der Waals surface area contributed by atoms with Gasteiger partial charge in [-0.2, -0.15) is 13.2 Å². The van der Waals surface area contributed by atoms with Crippen molar-refractivity contribution in [3.8, 4) is 16.9 Å². The minimum Gasteiger partial charge on any atom is -0.507 e. The molecule has 0 atom stereocenters. The average molecular weight is 317 g/mol. The van der Waals surface area contributed by atoms with E-state index in [1.165, 1.54) is 0 Å². The molecule has 0 saturated carbocycles. The summed E-state index contributed by atoms with van der Waals surface area (Å²) in [4.78, 5) is 3.72. The van der Waals surface area contributed by atoms with Gasteiger partial charge in [0, 0.05) is 5.39 Å². The van der Waals surface area contributed by atoms with E-state index in [9.17, 15) is 18.3 Å². The van der Waals surface area contributed by atoms with E-state index in [2.05, 4.69) is 4.98 Å². The van der Waals surface area contributed by atoms with Crippen molar-refractivity contribution in [3.05, 3.63) is 59.3 Å². The number of benzene rings is 2. The molecule has 1 N–H and O–H groups in total. The Labute approximate surface area is 131 Å². The smallest absolute Gasteiger partial charge is 0.433 e. The predicted octanol–water partition coefficient (Wildman–Crippen LogP) is 5.24. The summed E-state index contributed by atoms with van der Waals surface area (Å²) in [6.07, 6.45) is -4.51. The molecular weight excluding hydrogens is 303 g/mol. The van der Waals surface area contributed by atoms with Gasteiger partial charge in [-0.15, -0.1) is 0 Å². The molecule has 0 saturated heterocycles. The number of rotatable bonds is 1. The number of aromatic hydroxyl groups is 1. The van der Waals surface area contributed by atoms with Gasteiger partial charge in [0.2, 0.25) is 0 Å². The highest BCUT2D eigenvalue weighted by Gasteiger charge is 2.33. The Hall–Kier alpha value is -2.56. The number of fused-ring (bicyclic) bond motifs is 1. The Morgan fingerprint density at radius 3 is 2.17 bits per heavy atom. The molecule has 1 aromatic heterocycles. The SMILES string of the molecule is Cc1cc(-c2cc(C(F)(F)F)nc3ccccc23)cc(C)c1O. The number of hydrogen-bond donors (Lipinski definition) is 1. The van der Waals surface area contributed by atoms with Crippen LogP contribution in [-0.4, -0.2) is 10.1 Å². The standard InChI is InChI=1S/C18H14F3NO/c1-10-7-12(8-11(2)17(10)23)14-9-16(18(19,20)21)22-15-6-4-3-5-13(14)15/h3-9,23H,1-2H3. The summed E-state index contributed by atoms with van der Waals surface area (Å²) in [6.45, 7) is 3.44. The summed E-state index contributed by atoms with van der Waals surface area (Å²) < 4.78 is 39.4. The van der Waals surface area contributed by atoms with Gasteiger partial charge in [-0.25, -0.2) is 4.98 Å².